The van der Waals surface area contributed by atoms with Crippen molar-refractivity contribution in [2.75, 3.05) is 44.7 Å². The highest BCUT2D eigenvalue weighted by Crippen LogP contribution is 2.28. The summed E-state index contributed by atoms with van der Waals surface area (Å²) < 4.78 is 5.47. The molecule has 0 bridgehead atoms. The Balaban J connectivity index is 1.47. The molecule has 0 amide bonds. The van der Waals surface area contributed by atoms with Crippen LogP contribution in [-0.2, 0) is 4.79 Å². The van der Waals surface area contributed by atoms with Crippen molar-refractivity contribution >= 4 is 11.5 Å². The number of methoxy groups -OCH3 is 1. The molecule has 1 heterocycles. The lowest BCUT2D eigenvalue weighted by molar-refractivity contribution is -0.116. The van der Waals surface area contributed by atoms with Crippen molar-refractivity contribution in [1.82, 2.24) is 4.90 Å². The van der Waals surface area contributed by atoms with Crippen molar-refractivity contribution in [3.05, 3.63) is 35.9 Å². The number of benzene rings is 1. The highest BCUT2D eigenvalue weighted by molar-refractivity contribution is 5.95. The second-order valence-electron chi connectivity index (χ2n) is 6.65. The molecule has 3 rings (SSSR count). The number of carbonyl (C=O) groups excluding carboxylic acids is 1. The first kappa shape index (κ1) is 17.0. The van der Waals surface area contributed by atoms with Crippen molar-refractivity contribution in [1.29, 1.82) is 0 Å². The minimum atomic E-state index is 0.363. The number of nitrogens with zero attached hydrogens (tertiary/aromatic N) is 2. The topological polar surface area (TPSA) is 32.8 Å². The van der Waals surface area contributed by atoms with E-state index in [1.54, 1.807) is 7.11 Å². The standard InChI is InChI=1S/C20H28N2O2/c1-24-20-10-6-5-9-18(20)22-15-13-21(14-16-22)12-11-19(23)17-7-3-2-4-8-17/h5-7,9-10H,2-4,8,11-16H2,1H3. The third kappa shape index (κ3) is 4.18. The molecule has 0 unspecified atom stereocenters. The van der Waals surface area contributed by atoms with E-state index >= 15 is 0 Å². The lowest BCUT2D eigenvalue weighted by atomic mass is 9.95. The van der Waals surface area contributed by atoms with E-state index in [1.807, 2.05) is 12.1 Å². The summed E-state index contributed by atoms with van der Waals surface area (Å²) in [6, 6.07) is 8.19. The van der Waals surface area contributed by atoms with Gasteiger partial charge in [-0.1, -0.05) is 18.2 Å². The molecule has 1 fully saturated rings. The maximum absolute atomic E-state index is 12.3. The van der Waals surface area contributed by atoms with Gasteiger partial charge in [0.2, 0.25) is 0 Å². The zero-order valence-corrected chi connectivity index (χ0v) is 14.7. The largest absolute Gasteiger partial charge is 0.495 e. The van der Waals surface area contributed by atoms with E-state index in [2.05, 4.69) is 28.0 Å². The van der Waals surface area contributed by atoms with Crippen LogP contribution in [0.5, 0.6) is 5.75 Å². The van der Waals surface area contributed by atoms with Crippen LogP contribution in [0.2, 0.25) is 0 Å². The fourth-order valence-electron chi connectivity index (χ4n) is 3.62. The van der Waals surface area contributed by atoms with E-state index in [9.17, 15) is 4.79 Å². The molecule has 2 aliphatic rings. The summed E-state index contributed by atoms with van der Waals surface area (Å²) in [4.78, 5) is 17.1. The summed E-state index contributed by atoms with van der Waals surface area (Å²) in [6.07, 6.45) is 7.31. The van der Waals surface area contributed by atoms with Gasteiger partial charge in [-0.15, -0.1) is 0 Å². The fraction of sp³-hybridized carbons (Fsp3) is 0.550. The van der Waals surface area contributed by atoms with Crippen LogP contribution >= 0.6 is 0 Å². The van der Waals surface area contributed by atoms with Crippen LogP contribution < -0.4 is 9.64 Å². The van der Waals surface area contributed by atoms with E-state index in [1.165, 1.54) is 18.5 Å². The Morgan fingerprint density at radius 1 is 1.12 bits per heavy atom. The number of hydrogen-bond donors (Lipinski definition) is 0. The van der Waals surface area contributed by atoms with Crippen LogP contribution in [-0.4, -0.2) is 50.5 Å². The summed E-state index contributed by atoms with van der Waals surface area (Å²) in [5, 5.41) is 0. The van der Waals surface area contributed by atoms with Crippen molar-refractivity contribution in [3.8, 4) is 5.75 Å². The molecule has 0 aromatic heterocycles. The summed E-state index contributed by atoms with van der Waals surface area (Å²) >= 11 is 0. The summed E-state index contributed by atoms with van der Waals surface area (Å²) in [5.41, 5.74) is 2.25. The van der Waals surface area contributed by atoms with Crippen LogP contribution in [0.1, 0.15) is 32.1 Å². The maximum atomic E-state index is 12.3. The molecule has 24 heavy (non-hydrogen) atoms. The van der Waals surface area contributed by atoms with E-state index < -0.39 is 0 Å². The first-order valence-corrected chi connectivity index (χ1v) is 9.10. The Morgan fingerprint density at radius 3 is 2.62 bits per heavy atom. The number of Topliss-reactive ketones (excluding diaryl/α,β-unsaturated/α-hetero) is 1. The Morgan fingerprint density at radius 2 is 1.92 bits per heavy atom. The second kappa shape index (κ2) is 8.34. The van der Waals surface area contributed by atoms with E-state index in [0.29, 0.717) is 12.2 Å². The van der Waals surface area contributed by atoms with Gasteiger partial charge in [0.1, 0.15) is 5.75 Å². The molecule has 0 saturated carbocycles. The molecule has 4 heteroatoms. The number of hydrogen-bond acceptors (Lipinski definition) is 4. The second-order valence-corrected chi connectivity index (χ2v) is 6.65. The zero-order valence-electron chi connectivity index (χ0n) is 14.7. The van der Waals surface area contributed by atoms with Crippen LogP contribution in [0, 0.1) is 0 Å². The molecule has 0 N–H and O–H groups in total. The number of anilines is 1. The Kier molecular flexibility index (Phi) is 5.91. The van der Waals surface area contributed by atoms with Crippen LogP contribution in [0.4, 0.5) is 5.69 Å². The van der Waals surface area contributed by atoms with Gasteiger partial charge in [0.05, 0.1) is 12.8 Å². The predicted molar refractivity (Wildman–Crippen MR) is 97.8 cm³/mol. The molecule has 0 radical (unpaired) electrons. The molecule has 1 aromatic carbocycles. The highest BCUT2D eigenvalue weighted by atomic mass is 16.5. The minimum absolute atomic E-state index is 0.363. The molecule has 4 nitrogen and oxygen atoms in total. The van der Waals surface area contributed by atoms with Gasteiger partial charge >= 0.3 is 0 Å². The molecule has 0 atom stereocenters. The van der Waals surface area contributed by atoms with Gasteiger partial charge in [0.25, 0.3) is 0 Å². The molecule has 1 saturated heterocycles. The molecular formula is C20H28N2O2. The van der Waals surface area contributed by atoms with Crippen LogP contribution in [0.15, 0.2) is 35.9 Å². The molecule has 130 valence electrons. The predicted octanol–water partition coefficient (Wildman–Crippen LogP) is 3.28. The number of rotatable bonds is 6. The third-order valence-electron chi connectivity index (χ3n) is 5.10. The van der Waals surface area contributed by atoms with Gasteiger partial charge in [-0.05, 0) is 43.4 Å². The number of ether oxygens (including phenoxy) is 1. The molecular weight excluding hydrogens is 300 g/mol. The molecule has 1 aliphatic carbocycles. The number of para-hydroxylation sites is 2. The first-order chi connectivity index (χ1) is 11.8. The number of ketones is 1. The van der Waals surface area contributed by atoms with Gasteiger partial charge in [-0.3, -0.25) is 9.69 Å². The molecule has 0 spiro atoms. The summed E-state index contributed by atoms with van der Waals surface area (Å²) in [7, 11) is 1.72. The number of carbonyl (C=O) groups is 1. The van der Waals surface area contributed by atoms with Gasteiger partial charge in [0, 0.05) is 39.1 Å². The number of allylic oxidation sites excluding steroid dienone is 2. The van der Waals surface area contributed by atoms with Crippen LogP contribution in [0.25, 0.3) is 0 Å². The van der Waals surface area contributed by atoms with E-state index in [0.717, 1.165) is 56.9 Å². The SMILES string of the molecule is COc1ccccc1N1CCN(CCC(=O)C2=CCCCC2)CC1. The minimum Gasteiger partial charge on any atom is -0.495 e. The monoisotopic (exact) mass is 328 g/mol. The Labute approximate surface area is 145 Å². The van der Waals surface area contributed by atoms with Gasteiger partial charge in [-0.25, -0.2) is 0 Å². The first-order valence-electron chi connectivity index (χ1n) is 9.10. The van der Waals surface area contributed by atoms with Gasteiger partial charge in [-0.2, -0.15) is 0 Å². The van der Waals surface area contributed by atoms with Crippen LogP contribution in [0.3, 0.4) is 0 Å². The van der Waals surface area contributed by atoms with Gasteiger partial charge in [0.15, 0.2) is 5.78 Å². The lowest BCUT2D eigenvalue weighted by Gasteiger charge is -2.36. The molecule has 1 aliphatic heterocycles. The van der Waals surface area contributed by atoms with Crippen molar-refractivity contribution < 1.29 is 9.53 Å². The maximum Gasteiger partial charge on any atom is 0.159 e. The van der Waals surface area contributed by atoms with E-state index in [4.69, 9.17) is 4.74 Å². The lowest BCUT2D eigenvalue weighted by Crippen LogP contribution is -2.47. The van der Waals surface area contributed by atoms with Crippen molar-refractivity contribution in [2.24, 2.45) is 0 Å². The average molecular weight is 328 g/mol. The van der Waals surface area contributed by atoms with Crippen molar-refractivity contribution in [2.45, 2.75) is 32.1 Å². The Hall–Kier alpha value is -1.81. The average Bonchev–Trinajstić information content (AvgIpc) is 2.67. The molecule has 1 aromatic rings. The highest BCUT2D eigenvalue weighted by Gasteiger charge is 2.20. The number of piperazine rings is 1. The van der Waals surface area contributed by atoms with Crippen molar-refractivity contribution in [3.63, 3.8) is 0 Å². The van der Waals surface area contributed by atoms with E-state index in [-0.39, 0.29) is 0 Å². The third-order valence-corrected chi connectivity index (χ3v) is 5.10. The van der Waals surface area contributed by atoms with Gasteiger partial charge < -0.3 is 9.64 Å². The summed E-state index contributed by atoms with van der Waals surface area (Å²) in [6.45, 7) is 4.86. The quantitative estimate of drug-likeness (QED) is 0.802. The summed E-state index contributed by atoms with van der Waals surface area (Å²) in [5.74, 6) is 1.30. The Bertz CT molecular complexity index is 589. The normalized spacial score (nSPS) is 19.0. The fourth-order valence-corrected chi connectivity index (χ4v) is 3.62. The smallest absolute Gasteiger partial charge is 0.159 e. The zero-order chi connectivity index (χ0) is 16.8.